The van der Waals surface area contributed by atoms with E-state index in [1.165, 1.54) is 0 Å². The van der Waals surface area contributed by atoms with Gasteiger partial charge >= 0.3 is 35.0 Å². The second kappa shape index (κ2) is 23.1. The standard InChI is InChI=1S/3C9H15O3.Fe/c3*1-4-8(10)7(9(11)12)5-6(2)3;/h3*7H,4-5H2,1-3H3,(H,11,12);/q3*-1;+3. The van der Waals surface area contributed by atoms with Gasteiger partial charge in [-0.2, -0.15) is 60.8 Å². The molecule has 3 atom stereocenters. The van der Waals surface area contributed by atoms with Gasteiger partial charge in [0.1, 0.15) is 17.3 Å². The summed E-state index contributed by atoms with van der Waals surface area (Å²) in [6.45, 7) is 16.0. The average molecular weight is 569 g/mol. The summed E-state index contributed by atoms with van der Waals surface area (Å²) < 4.78 is 0. The van der Waals surface area contributed by atoms with Crippen molar-refractivity contribution in [3.05, 3.63) is 17.8 Å². The van der Waals surface area contributed by atoms with Crippen LogP contribution < -0.4 is 0 Å². The SMILES string of the molecule is CCC(=O)C(C[C-](C)C)C(=O)O.CCC(=O)C(C[C-](C)C)C(=O)O.CCC(=O)C(C[C-](C)C)C(=O)O.[Fe+3]. The minimum Gasteiger partial charge on any atom is -0.481 e. The van der Waals surface area contributed by atoms with Gasteiger partial charge in [0.05, 0.1) is 17.8 Å². The first kappa shape index (κ1) is 42.0. The van der Waals surface area contributed by atoms with Crippen LogP contribution in [0.1, 0.15) is 101 Å². The fourth-order valence-electron chi connectivity index (χ4n) is 2.98. The first-order chi connectivity index (χ1) is 16.5. The van der Waals surface area contributed by atoms with E-state index in [0.29, 0.717) is 38.5 Å². The summed E-state index contributed by atoms with van der Waals surface area (Å²) in [5, 5.41) is 26.1. The smallest absolute Gasteiger partial charge is 0.481 e. The maximum Gasteiger partial charge on any atom is 3.00 e. The fraction of sp³-hybridized carbons (Fsp3) is 0.667. The maximum atomic E-state index is 11.1. The van der Waals surface area contributed by atoms with Gasteiger partial charge in [-0.15, -0.1) is 0 Å². The molecule has 0 aromatic heterocycles. The molecule has 0 aliphatic carbocycles. The van der Waals surface area contributed by atoms with Crippen LogP contribution in [0.3, 0.4) is 0 Å². The first-order valence-electron chi connectivity index (χ1n) is 12.1. The van der Waals surface area contributed by atoms with Crippen LogP contribution in [0.2, 0.25) is 0 Å². The van der Waals surface area contributed by atoms with Gasteiger partial charge in [-0.05, 0) is 0 Å². The normalized spacial score (nSPS) is 12.6. The van der Waals surface area contributed by atoms with Crippen LogP contribution in [0.15, 0.2) is 0 Å². The Labute approximate surface area is 232 Å². The Morgan fingerprint density at radius 1 is 0.486 bits per heavy atom. The number of carbonyl (C=O) groups is 6. The molecule has 0 heterocycles. The third-order valence-electron chi connectivity index (χ3n) is 4.94. The molecular formula is C27H45FeO9. The third kappa shape index (κ3) is 21.7. The largest absolute Gasteiger partial charge is 3.00 e. The van der Waals surface area contributed by atoms with E-state index >= 15 is 0 Å². The first-order valence-corrected chi connectivity index (χ1v) is 12.1. The van der Waals surface area contributed by atoms with E-state index < -0.39 is 35.7 Å². The molecule has 0 amide bonds. The summed E-state index contributed by atoms with van der Waals surface area (Å²) in [5.41, 5.74) is 0. The number of Topliss-reactive ketones (excluding diaryl/α,β-unsaturated/α-hetero) is 3. The Kier molecular flexibility index (Phi) is 26.2. The second-order valence-electron chi connectivity index (χ2n) is 9.37. The molecule has 215 valence electrons. The van der Waals surface area contributed by atoms with Gasteiger partial charge in [0.2, 0.25) is 0 Å². The van der Waals surface area contributed by atoms with Gasteiger partial charge in [-0.1, -0.05) is 20.8 Å². The van der Waals surface area contributed by atoms with Gasteiger partial charge in [-0.25, -0.2) is 0 Å². The predicted molar refractivity (Wildman–Crippen MR) is 137 cm³/mol. The van der Waals surface area contributed by atoms with E-state index in [4.69, 9.17) is 15.3 Å². The average Bonchev–Trinajstić information content (AvgIpc) is 2.77. The topological polar surface area (TPSA) is 163 Å². The number of hydrogen-bond acceptors (Lipinski definition) is 6. The van der Waals surface area contributed by atoms with Crippen molar-refractivity contribution in [3.63, 3.8) is 0 Å². The van der Waals surface area contributed by atoms with E-state index in [2.05, 4.69) is 0 Å². The van der Waals surface area contributed by atoms with E-state index in [1.54, 1.807) is 20.8 Å². The summed E-state index contributed by atoms with van der Waals surface area (Å²) in [7, 11) is 0. The van der Waals surface area contributed by atoms with Crippen molar-refractivity contribution in [3.8, 4) is 0 Å². The van der Waals surface area contributed by atoms with Crippen molar-refractivity contribution in [2.24, 2.45) is 17.8 Å². The molecule has 0 saturated heterocycles. The van der Waals surface area contributed by atoms with E-state index in [0.717, 1.165) is 17.8 Å². The Morgan fingerprint density at radius 3 is 0.730 bits per heavy atom. The van der Waals surface area contributed by atoms with Crippen LogP contribution in [-0.2, 0) is 45.8 Å². The molecule has 1 radical (unpaired) electrons. The molecule has 0 aliphatic rings. The van der Waals surface area contributed by atoms with Crippen molar-refractivity contribution in [1.82, 2.24) is 0 Å². The van der Waals surface area contributed by atoms with E-state index in [1.807, 2.05) is 41.5 Å². The fourth-order valence-corrected chi connectivity index (χ4v) is 2.98. The van der Waals surface area contributed by atoms with Crippen molar-refractivity contribution in [2.75, 3.05) is 0 Å². The van der Waals surface area contributed by atoms with Crippen LogP contribution in [-0.4, -0.2) is 50.6 Å². The number of carbonyl (C=O) groups excluding carboxylic acids is 3. The van der Waals surface area contributed by atoms with Crippen LogP contribution in [0.25, 0.3) is 0 Å². The van der Waals surface area contributed by atoms with Gasteiger partial charge in [0, 0.05) is 19.3 Å². The van der Waals surface area contributed by atoms with Crippen LogP contribution in [0.4, 0.5) is 0 Å². The number of carboxylic acids is 3. The summed E-state index contributed by atoms with van der Waals surface area (Å²) in [6.07, 6.45) is 1.98. The summed E-state index contributed by atoms with van der Waals surface area (Å²) >= 11 is 0. The summed E-state index contributed by atoms with van der Waals surface area (Å²) in [6, 6.07) is 0. The Balaban J connectivity index is -0.000000218. The molecule has 0 fully saturated rings. The Hall–Kier alpha value is -2.06. The third-order valence-corrected chi connectivity index (χ3v) is 4.94. The molecule has 0 rings (SSSR count). The number of hydrogen-bond donors (Lipinski definition) is 3. The summed E-state index contributed by atoms with van der Waals surface area (Å²) in [5.74, 6) is -3.18. The number of carboxylic acid groups (broad SMARTS) is 3. The second-order valence-corrected chi connectivity index (χ2v) is 9.37. The monoisotopic (exact) mass is 569 g/mol. The predicted octanol–water partition coefficient (Wildman–Crippen LogP) is 5.01. The van der Waals surface area contributed by atoms with Crippen molar-refractivity contribution < 1.29 is 61.2 Å². The zero-order chi connectivity index (χ0) is 29.2. The molecule has 0 spiro atoms. The Morgan fingerprint density at radius 2 is 0.649 bits per heavy atom. The molecular weight excluding hydrogens is 524 g/mol. The zero-order valence-corrected chi connectivity index (χ0v) is 24.7. The molecule has 3 N–H and O–H groups in total. The van der Waals surface area contributed by atoms with E-state index in [9.17, 15) is 28.8 Å². The molecule has 9 nitrogen and oxygen atoms in total. The van der Waals surface area contributed by atoms with Crippen molar-refractivity contribution in [1.29, 1.82) is 0 Å². The van der Waals surface area contributed by atoms with Crippen LogP contribution in [0, 0.1) is 35.5 Å². The summed E-state index contributed by atoms with van der Waals surface area (Å²) in [4.78, 5) is 65.1. The van der Waals surface area contributed by atoms with Crippen LogP contribution in [0.5, 0.6) is 0 Å². The minimum absolute atomic E-state index is 0. The molecule has 0 aliphatic heterocycles. The molecule has 0 aromatic carbocycles. The molecule has 0 aromatic rings. The Bertz CT molecular complexity index is 620. The minimum atomic E-state index is -1.01. The van der Waals surface area contributed by atoms with Crippen molar-refractivity contribution >= 4 is 35.3 Å². The zero-order valence-electron chi connectivity index (χ0n) is 23.6. The quantitative estimate of drug-likeness (QED) is 0.140. The molecule has 3 unspecified atom stereocenters. The number of aliphatic carboxylic acids is 3. The van der Waals surface area contributed by atoms with Gasteiger partial charge in [0.15, 0.2) is 0 Å². The molecule has 0 saturated carbocycles. The van der Waals surface area contributed by atoms with Crippen LogP contribution >= 0.6 is 0 Å². The maximum absolute atomic E-state index is 11.1. The van der Waals surface area contributed by atoms with Crippen molar-refractivity contribution in [2.45, 2.75) is 101 Å². The number of ketones is 3. The van der Waals surface area contributed by atoms with Gasteiger partial charge < -0.3 is 33.1 Å². The molecule has 0 bridgehead atoms. The number of rotatable bonds is 15. The van der Waals surface area contributed by atoms with Gasteiger partial charge in [0.25, 0.3) is 0 Å². The molecule has 37 heavy (non-hydrogen) atoms. The molecule has 10 heteroatoms. The van der Waals surface area contributed by atoms with Gasteiger partial charge in [-0.3, -0.25) is 28.8 Å². The van der Waals surface area contributed by atoms with E-state index in [-0.39, 0.29) is 34.4 Å².